The molecule has 0 spiro atoms. The van der Waals surface area contributed by atoms with Crippen LogP contribution in [0.25, 0.3) is 0 Å². The summed E-state index contributed by atoms with van der Waals surface area (Å²) in [5.41, 5.74) is 1.67. The first kappa shape index (κ1) is 9.77. The number of H-pyrrole nitrogens is 1. The number of hydrogen-bond donors (Lipinski definition) is 1. The zero-order chi connectivity index (χ0) is 11.8. The van der Waals surface area contributed by atoms with E-state index in [-0.39, 0.29) is 18.4 Å². The smallest absolute Gasteiger partial charge is 0.261 e. The lowest BCUT2D eigenvalue weighted by atomic mass is 10.1. The van der Waals surface area contributed by atoms with E-state index in [9.17, 15) is 9.59 Å². The number of imide groups is 1. The van der Waals surface area contributed by atoms with Crippen LogP contribution in [0.2, 0.25) is 0 Å². The number of aromatic amines is 1. The predicted molar refractivity (Wildman–Crippen MR) is 59.2 cm³/mol. The molecule has 0 radical (unpaired) electrons. The number of rotatable bonds is 2. The predicted octanol–water partition coefficient (Wildman–Crippen LogP) is 1.21. The molecule has 2 heterocycles. The molecule has 84 valence electrons. The second kappa shape index (κ2) is 3.55. The van der Waals surface area contributed by atoms with E-state index in [0.717, 1.165) is 5.69 Å². The van der Waals surface area contributed by atoms with E-state index in [4.69, 9.17) is 0 Å². The zero-order valence-corrected chi connectivity index (χ0v) is 8.88. The van der Waals surface area contributed by atoms with Gasteiger partial charge >= 0.3 is 0 Å². The van der Waals surface area contributed by atoms with Gasteiger partial charge in [0.1, 0.15) is 0 Å². The summed E-state index contributed by atoms with van der Waals surface area (Å²) in [6.07, 6.45) is 1.59. The fourth-order valence-electron chi connectivity index (χ4n) is 1.93. The number of carbonyl (C=O) groups is 2. The molecule has 0 unspecified atom stereocenters. The van der Waals surface area contributed by atoms with Crippen LogP contribution in [0, 0.1) is 0 Å². The molecule has 17 heavy (non-hydrogen) atoms. The summed E-state index contributed by atoms with van der Waals surface area (Å²) in [4.78, 5) is 25.2. The maximum atomic E-state index is 12.0. The first-order chi connectivity index (χ1) is 8.27. The second-order valence-corrected chi connectivity index (χ2v) is 3.82. The fourth-order valence-corrected chi connectivity index (χ4v) is 1.93. The lowest BCUT2D eigenvalue weighted by molar-refractivity contribution is 0.0640. The number of carbonyl (C=O) groups excluding carboxylic acids is 2. The Morgan fingerprint density at radius 1 is 1.06 bits per heavy atom. The molecule has 0 atom stereocenters. The quantitative estimate of drug-likeness (QED) is 0.784. The van der Waals surface area contributed by atoms with E-state index >= 15 is 0 Å². The lowest BCUT2D eigenvalue weighted by Crippen LogP contribution is -2.29. The van der Waals surface area contributed by atoms with Gasteiger partial charge in [-0.15, -0.1) is 0 Å². The summed E-state index contributed by atoms with van der Waals surface area (Å²) in [6.45, 7) is 0.229. The van der Waals surface area contributed by atoms with Gasteiger partial charge in [0.2, 0.25) is 0 Å². The van der Waals surface area contributed by atoms with Gasteiger partial charge in [-0.25, -0.2) is 0 Å². The van der Waals surface area contributed by atoms with Crippen molar-refractivity contribution in [2.24, 2.45) is 0 Å². The van der Waals surface area contributed by atoms with Crippen molar-refractivity contribution in [3.8, 4) is 0 Å². The maximum absolute atomic E-state index is 12.0. The highest BCUT2D eigenvalue weighted by atomic mass is 16.2. The van der Waals surface area contributed by atoms with Gasteiger partial charge in [0, 0.05) is 6.20 Å². The van der Waals surface area contributed by atoms with Gasteiger partial charge in [0.15, 0.2) is 0 Å². The van der Waals surface area contributed by atoms with Crippen LogP contribution in [0.5, 0.6) is 0 Å². The Kier molecular flexibility index (Phi) is 2.04. The first-order valence-electron chi connectivity index (χ1n) is 5.21. The molecule has 2 amide bonds. The van der Waals surface area contributed by atoms with Crippen molar-refractivity contribution in [3.63, 3.8) is 0 Å². The Labute approximate surface area is 97.1 Å². The van der Waals surface area contributed by atoms with Crippen molar-refractivity contribution < 1.29 is 9.59 Å². The third-order valence-electron chi connectivity index (χ3n) is 2.77. The number of benzene rings is 1. The van der Waals surface area contributed by atoms with E-state index in [1.165, 1.54) is 4.90 Å². The molecule has 0 fully saturated rings. The normalized spacial score (nSPS) is 14.2. The molecule has 5 heteroatoms. The molecule has 0 aliphatic carbocycles. The summed E-state index contributed by atoms with van der Waals surface area (Å²) >= 11 is 0. The van der Waals surface area contributed by atoms with Crippen LogP contribution >= 0.6 is 0 Å². The Morgan fingerprint density at radius 3 is 2.24 bits per heavy atom. The third-order valence-corrected chi connectivity index (χ3v) is 2.77. The molecule has 2 aromatic rings. The number of aromatic nitrogens is 2. The van der Waals surface area contributed by atoms with Crippen molar-refractivity contribution >= 4 is 11.8 Å². The van der Waals surface area contributed by atoms with E-state index in [1.807, 2.05) is 0 Å². The average molecular weight is 227 g/mol. The highest BCUT2D eigenvalue weighted by Crippen LogP contribution is 2.23. The maximum Gasteiger partial charge on any atom is 0.261 e. The van der Waals surface area contributed by atoms with Crippen molar-refractivity contribution in [2.45, 2.75) is 6.54 Å². The van der Waals surface area contributed by atoms with Gasteiger partial charge in [-0.05, 0) is 18.2 Å². The standard InChI is InChI=1S/C12H9N3O2/c16-11-9-3-1-2-4-10(9)12(17)15(11)7-8-5-6-13-14-8/h1-6H,7H2,(H,13,14). The van der Waals surface area contributed by atoms with Crippen molar-refractivity contribution in [1.82, 2.24) is 15.1 Å². The minimum absolute atomic E-state index is 0.229. The third kappa shape index (κ3) is 1.44. The SMILES string of the molecule is O=C1c2ccccc2C(=O)N1Cc1ccn[nH]1. The van der Waals surface area contributed by atoms with Gasteiger partial charge in [0.05, 0.1) is 23.4 Å². The molecule has 1 N–H and O–H groups in total. The number of fused-ring (bicyclic) bond motifs is 1. The van der Waals surface area contributed by atoms with Crippen molar-refractivity contribution in [3.05, 3.63) is 53.3 Å². The topological polar surface area (TPSA) is 66.1 Å². The van der Waals surface area contributed by atoms with Gasteiger partial charge < -0.3 is 0 Å². The van der Waals surface area contributed by atoms with Crippen molar-refractivity contribution in [1.29, 1.82) is 0 Å². The summed E-state index contributed by atoms with van der Waals surface area (Å²) in [6, 6.07) is 8.59. The van der Waals surface area contributed by atoms with Gasteiger partial charge in [-0.3, -0.25) is 19.6 Å². The molecular weight excluding hydrogens is 218 g/mol. The molecule has 0 saturated carbocycles. The Bertz CT molecular complexity index is 555. The molecule has 1 aliphatic rings. The molecule has 3 rings (SSSR count). The molecule has 0 saturated heterocycles. The average Bonchev–Trinajstić information content (AvgIpc) is 2.94. The van der Waals surface area contributed by atoms with Crippen LogP contribution in [0.3, 0.4) is 0 Å². The van der Waals surface area contributed by atoms with Crippen molar-refractivity contribution in [2.75, 3.05) is 0 Å². The van der Waals surface area contributed by atoms with Crippen LogP contribution in [0.4, 0.5) is 0 Å². The van der Waals surface area contributed by atoms with Gasteiger partial charge in [0.25, 0.3) is 11.8 Å². The molecule has 1 aromatic carbocycles. The number of amides is 2. The van der Waals surface area contributed by atoms with Crippen LogP contribution in [0.1, 0.15) is 26.4 Å². The van der Waals surface area contributed by atoms with E-state index in [1.54, 1.807) is 36.5 Å². The van der Waals surface area contributed by atoms with Crippen LogP contribution < -0.4 is 0 Å². The number of nitrogens with one attached hydrogen (secondary N) is 1. The molecule has 1 aromatic heterocycles. The Hall–Kier alpha value is -2.43. The summed E-state index contributed by atoms with van der Waals surface area (Å²) in [5.74, 6) is -0.500. The van der Waals surface area contributed by atoms with E-state index in [2.05, 4.69) is 10.2 Å². The first-order valence-corrected chi connectivity index (χ1v) is 5.21. The monoisotopic (exact) mass is 227 g/mol. The lowest BCUT2D eigenvalue weighted by Gasteiger charge is -2.11. The molecule has 0 bridgehead atoms. The number of nitrogens with zero attached hydrogens (tertiary/aromatic N) is 2. The van der Waals surface area contributed by atoms with Crippen LogP contribution in [-0.4, -0.2) is 26.9 Å². The minimum Gasteiger partial charge on any atom is -0.281 e. The largest absolute Gasteiger partial charge is 0.281 e. The Morgan fingerprint density at radius 2 is 1.71 bits per heavy atom. The number of hydrogen-bond acceptors (Lipinski definition) is 3. The van der Waals surface area contributed by atoms with Gasteiger partial charge in [-0.2, -0.15) is 5.10 Å². The minimum atomic E-state index is -0.250. The molecule has 5 nitrogen and oxygen atoms in total. The van der Waals surface area contributed by atoms with E-state index < -0.39 is 0 Å². The molecular formula is C12H9N3O2. The van der Waals surface area contributed by atoms with E-state index in [0.29, 0.717) is 11.1 Å². The summed E-state index contributed by atoms with van der Waals surface area (Å²) in [7, 11) is 0. The summed E-state index contributed by atoms with van der Waals surface area (Å²) < 4.78 is 0. The zero-order valence-electron chi connectivity index (χ0n) is 8.88. The van der Waals surface area contributed by atoms with Crippen LogP contribution in [0.15, 0.2) is 36.5 Å². The molecule has 1 aliphatic heterocycles. The fraction of sp³-hybridized carbons (Fsp3) is 0.0833. The highest BCUT2D eigenvalue weighted by Gasteiger charge is 2.35. The summed E-state index contributed by atoms with van der Waals surface area (Å²) in [5, 5.41) is 6.52. The van der Waals surface area contributed by atoms with Gasteiger partial charge in [-0.1, -0.05) is 12.1 Å². The second-order valence-electron chi connectivity index (χ2n) is 3.82. The Balaban J connectivity index is 1.95. The highest BCUT2D eigenvalue weighted by molar-refractivity contribution is 6.21. The van der Waals surface area contributed by atoms with Crippen LogP contribution in [-0.2, 0) is 6.54 Å².